The van der Waals surface area contributed by atoms with E-state index in [9.17, 15) is 14.4 Å². The van der Waals surface area contributed by atoms with Crippen LogP contribution < -0.4 is 0 Å². The van der Waals surface area contributed by atoms with Crippen LogP contribution >= 0.6 is 0 Å². The van der Waals surface area contributed by atoms with Gasteiger partial charge in [-0.05, 0) is 50.8 Å². The molecule has 1 atom stereocenters. The molecule has 0 aliphatic rings. The minimum Gasteiger partial charge on any atom is -0.463 e. The van der Waals surface area contributed by atoms with E-state index >= 15 is 0 Å². The topological polar surface area (TPSA) is 69.7 Å². The Morgan fingerprint density at radius 3 is 2.33 bits per heavy atom. The molecule has 130 valence electrons. The average Bonchev–Trinajstić information content (AvgIpc) is 2.58. The van der Waals surface area contributed by atoms with Crippen LogP contribution in [-0.4, -0.2) is 31.4 Å². The van der Waals surface area contributed by atoms with Crippen molar-refractivity contribution >= 4 is 18.2 Å². The molecule has 1 aromatic rings. The molecule has 0 N–H and O–H groups in total. The molecule has 0 spiro atoms. The fourth-order valence-corrected chi connectivity index (χ4v) is 2.19. The smallest absolute Gasteiger partial charge is 0.338 e. The number of carbonyl (C=O) groups is 3. The average molecular weight is 332 g/mol. The van der Waals surface area contributed by atoms with Crippen LogP contribution in [0.25, 0.3) is 0 Å². The molecule has 0 saturated carbocycles. The number of benzene rings is 1. The first-order valence-corrected chi connectivity index (χ1v) is 8.15. The summed E-state index contributed by atoms with van der Waals surface area (Å²) < 4.78 is 9.72. The fourth-order valence-electron chi connectivity index (χ4n) is 2.19. The van der Waals surface area contributed by atoms with Crippen molar-refractivity contribution in [2.24, 2.45) is 5.92 Å². The van der Waals surface area contributed by atoms with E-state index in [1.807, 2.05) is 12.1 Å². The van der Waals surface area contributed by atoms with Gasteiger partial charge in [-0.25, -0.2) is 9.59 Å². The Morgan fingerprint density at radius 1 is 1.08 bits per heavy atom. The van der Waals surface area contributed by atoms with Crippen molar-refractivity contribution in [3.63, 3.8) is 0 Å². The van der Waals surface area contributed by atoms with Gasteiger partial charge in [0, 0.05) is 12.0 Å². The minimum absolute atomic E-state index is 0.134. The van der Waals surface area contributed by atoms with Crippen LogP contribution in [0.3, 0.4) is 0 Å². The standard InChI is InChI=1S/C19H24O5/c1-3-23-18(21)8-6-5-7-16(14-20)13-15-9-11-17(12-10-15)19(22)24-4-2/h6,8-12,14,16H,3-5,7,13H2,1-2H3/b8-6+. The zero-order valence-corrected chi connectivity index (χ0v) is 14.2. The van der Waals surface area contributed by atoms with Crippen molar-refractivity contribution in [2.45, 2.75) is 33.1 Å². The van der Waals surface area contributed by atoms with Crippen molar-refractivity contribution < 1.29 is 23.9 Å². The highest BCUT2D eigenvalue weighted by Crippen LogP contribution is 2.14. The van der Waals surface area contributed by atoms with Crippen LogP contribution in [0.15, 0.2) is 36.4 Å². The third-order valence-corrected chi connectivity index (χ3v) is 3.40. The lowest BCUT2D eigenvalue weighted by atomic mass is 9.95. The van der Waals surface area contributed by atoms with E-state index in [4.69, 9.17) is 9.47 Å². The Balaban J connectivity index is 2.49. The summed E-state index contributed by atoms with van der Waals surface area (Å²) in [6.45, 7) is 4.20. The maximum atomic E-state index is 11.6. The molecular formula is C19H24O5. The normalized spacial score (nSPS) is 11.9. The lowest BCUT2D eigenvalue weighted by molar-refractivity contribution is -0.137. The summed E-state index contributed by atoms with van der Waals surface area (Å²) in [6, 6.07) is 7.07. The van der Waals surface area contributed by atoms with Crippen molar-refractivity contribution in [1.29, 1.82) is 0 Å². The minimum atomic E-state index is -0.366. The molecule has 0 amide bonds. The number of carbonyl (C=O) groups excluding carboxylic acids is 3. The molecule has 5 heteroatoms. The fraction of sp³-hybridized carbons (Fsp3) is 0.421. The van der Waals surface area contributed by atoms with E-state index in [0.717, 1.165) is 11.8 Å². The van der Waals surface area contributed by atoms with E-state index in [2.05, 4.69) is 0 Å². The Morgan fingerprint density at radius 2 is 1.75 bits per heavy atom. The second-order valence-electron chi connectivity index (χ2n) is 5.25. The molecule has 0 aliphatic heterocycles. The zero-order valence-electron chi connectivity index (χ0n) is 14.2. The van der Waals surface area contributed by atoms with Crippen molar-refractivity contribution in [1.82, 2.24) is 0 Å². The highest BCUT2D eigenvalue weighted by Gasteiger charge is 2.10. The van der Waals surface area contributed by atoms with Gasteiger partial charge < -0.3 is 14.3 Å². The van der Waals surface area contributed by atoms with Gasteiger partial charge in [-0.3, -0.25) is 0 Å². The second kappa shape index (κ2) is 11.2. The van der Waals surface area contributed by atoms with Crippen LogP contribution in [0.5, 0.6) is 0 Å². The van der Waals surface area contributed by atoms with E-state index in [1.165, 1.54) is 6.08 Å². The molecule has 0 heterocycles. The summed E-state index contributed by atoms with van der Waals surface area (Å²) in [6.07, 6.45) is 5.91. The third kappa shape index (κ3) is 7.22. The molecule has 0 saturated heterocycles. The Hall–Kier alpha value is -2.43. The predicted molar refractivity (Wildman–Crippen MR) is 90.7 cm³/mol. The van der Waals surface area contributed by atoms with E-state index in [0.29, 0.717) is 38.0 Å². The number of esters is 2. The molecule has 0 aromatic heterocycles. The first kappa shape index (κ1) is 19.6. The molecule has 1 rings (SSSR count). The first-order valence-electron chi connectivity index (χ1n) is 8.15. The van der Waals surface area contributed by atoms with Gasteiger partial charge in [0.25, 0.3) is 0 Å². The molecule has 5 nitrogen and oxygen atoms in total. The summed E-state index contributed by atoms with van der Waals surface area (Å²) in [5.74, 6) is -0.847. The highest BCUT2D eigenvalue weighted by atomic mass is 16.5. The van der Waals surface area contributed by atoms with Crippen LogP contribution in [0.4, 0.5) is 0 Å². The number of hydrogen-bond acceptors (Lipinski definition) is 5. The monoisotopic (exact) mass is 332 g/mol. The van der Waals surface area contributed by atoms with Crippen LogP contribution in [0, 0.1) is 5.92 Å². The zero-order chi connectivity index (χ0) is 17.8. The number of allylic oxidation sites excluding steroid dienone is 1. The number of aldehydes is 1. The molecule has 0 fully saturated rings. The third-order valence-electron chi connectivity index (χ3n) is 3.40. The lowest BCUT2D eigenvalue weighted by Gasteiger charge is -2.09. The maximum absolute atomic E-state index is 11.6. The quantitative estimate of drug-likeness (QED) is 0.374. The van der Waals surface area contributed by atoms with Crippen LogP contribution in [-0.2, 0) is 25.5 Å². The van der Waals surface area contributed by atoms with E-state index < -0.39 is 0 Å². The van der Waals surface area contributed by atoms with Gasteiger partial charge in [0.05, 0.1) is 18.8 Å². The Labute approximate surface area is 142 Å². The van der Waals surface area contributed by atoms with E-state index in [-0.39, 0.29) is 17.9 Å². The summed E-state index contributed by atoms with van der Waals surface area (Å²) in [5.41, 5.74) is 1.48. The van der Waals surface area contributed by atoms with Gasteiger partial charge in [0.15, 0.2) is 0 Å². The number of rotatable bonds is 10. The summed E-state index contributed by atoms with van der Waals surface area (Å²) in [5, 5.41) is 0. The van der Waals surface area contributed by atoms with Crippen molar-refractivity contribution in [3.05, 3.63) is 47.5 Å². The van der Waals surface area contributed by atoms with Gasteiger partial charge in [-0.2, -0.15) is 0 Å². The van der Waals surface area contributed by atoms with Crippen molar-refractivity contribution in [3.8, 4) is 0 Å². The lowest BCUT2D eigenvalue weighted by Crippen LogP contribution is -2.07. The largest absolute Gasteiger partial charge is 0.463 e. The number of hydrogen-bond donors (Lipinski definition) is 0. The molecule has 1 unspecified atom stereocenters. The Bertz CT molecular complexity index is 560. The number of ether oxygens (including phenoxy) is 2. The van der Waals surface area contributed by atoms with E-state index in [1.54, 1.807) is 32.1 Å². The van der Waals surface area contributed by atoms with Crippen LogP contribution in [0.1, 0.15) is 42.6 Å². The Kier molecular flexibility index (Phi) is 9.12. The maximum Gasteiger partial charge on any atom is 0.338 e. The predicted octanol–water partition coefficient (Wildman–Crippen LogP) is 3.12. The molecule has 1 aromatic carbocycles. The van der Waals surface area contributed by atoms with Gasteiger partial charge >= 0.3 is 11.9 Å². The molecule has 0 aliphatic carbocycles. The van der Waals surface area contributed by atoms with Gasteiger partial charge in [-0.1, -0.05) is 18.2 Å². The van der Waals surface area contributed by atoms with Crippen LogP contribution in [0.2, 0.25) is 0 Å². The van der Waals surface area contributed by atoms with Gasteiger partial charge in [0.2, 0.25) is 0 Å². The highest BCUT2D eigenvalue weighted by molar-refractivity contribution is 5.89. The molecular weight excluding hydrogens is 308 g/mol. The van der Waals surface area contributed by atoms with Gasteiger partial charge in [0.1, 0.15) is 6.29 Å². The molecule has 24 heavy (non-hydrogen) atoms. The summed E-state index contributed by atoms with van der Waals surface area (Å²) in [7, 11) is 0. The summed E-state index contributed by atoms with van der Waals surface area (Å²) >= 11 is 0. The second-order valence-corrected chi connectivity index (χ2v) is 5.25. The van der Waals surface area contributed by atoms with Gasteiger partial charge in [-0.15, -0.1) is 0 Å². The molecule has 0 bridgehead atoms. The summed E-state index contributed by atoms with van der Waals surface area (Å²) in [4.78, 5) is 34.0. The van der Waals surface area contributed by atoms with Crippen molar-refractivity contribution in [2.75, 3.05) is 13.2 Å². The first-order chi connectivity index (χ1) is 11.6. The molecule has 0 radical (unpaired) electrons. The SMILES string of the molecule is CCOC(=O)/C=C/CCC(C=O)Cc1ccc(C(=O)OCC)cc1.